The van der Waals surface area contributed by atoms with Crippen molar-refractivity contribution in [3.05, 3.63) is 108 Å². The smallest absolute Gasteiger partial charge is 0.266 e. The molecule has 0 aliphatic carbocycles. The van der Waals surface area contributed by atoms with Crippen LogP contribution in [0.2, 0.25) is 0 Å². The Hall–Kier alpha value is -4.05. The van der Waals surface area contributed by atoms with E-state index in [0.717, 1.165) is 6.07 Å². The lowest BCUT2D eigenvalue weighted by Crippen LogP contribution is -2.32. The third-order valence-electron chi connectivity index (χ3n) is 5.38. The lowest BCUT2D eigenvalue weighted by atomic mass is 9.84. The van der Waals surface area contributed by atoms with E-state index in [9.17, 15) is 22.0 Å². The highest BCUT2D eigenvalue weighted by atomic mass is 32.2. The van der Waals surface area contributed by atoms with Crippen molar-refractivity contribution in [1.29, 1.82) is 0 Å². The molecule has 0 fully saturated rings. The third kappa shape index (κ3) is 5.07. The fraction of sp³-hybridized carbons (Fsp3) is 0.120. The van der Waals surface area contributed by atoms with Gasteiger partial charge in [-0.3, -0.25) is 9.78 Å². The van der Waals surface area contributed by atoms with Gasteiger partial charge in [-0.2, -0.15) is 13.8 Å². The molecule has 10 heteroatoms. The average Bonchev–Trinajstić information content (AvgIpc) is 2.84. The lowest BCUT2D eigenvalue weighted by Gasteiger charge is -2.24. The van der Waals surface area contributed by atoms with E-state index in [4.69, 9.17) is 0 Å². The predicted molar refractivity (Wildman–Crippen MR) is 125 cm³/mol. The zero-order valence-corrected chi connectivity index (χ0v) is 19.6. The zero-order valence-electron chi connectivity index (χ0n) is 18.7. The number of hydrogen-bond donors (Lipinski definition) is 1. The van der Waals surface area contributed by atoms with Crippen molar-refractivity contribution in [2.24, 2.45) is 0 Å². The molecule has 0 aliphatic heterocycles. The largest absolute Gasteiger partial charge is 0.283 e. The Morgan fingerprint density at radius 3 is 2.14 bits per heavy atom. The molecule has 1 N–H and O–H groups in total. The number of amides is 1. The minimum atomic E-state index is -4.07. The number of pyridine rings is 3. The van der Waals surface area contributed by atoms with E-state index in [0.29, 0.717) is 11.4 Å². The molecule has 3 heterocycles. The van der Waals surface area contributed by atoms with Crippen LogP contribution >= 0.6 is 0 Å². The van der Waals surface area contributed by atoms with E-state index < -0.39 is 33.2 Å². The molecule has 3 aromatic heterocycles. The Labute approximate surface area is 201 Å². The van der Waals surface area contributed by atoms with Gasteiger partial charge >= 0.3 is 0 Å². The summed E-state index contributed by atoms with van der Waals surface area (Å²) in [4.78, 5) is 24.8. The summed E-state index contributed by atoms with van der Waals surface area (Å²) < 4.78 is 54.4. The topological polar surface area (TPSA) is 102 Å². The molecule has 4 aromatic rings. The Morgan fingerprint density at radius 1 is 0.800 bits per heavy atom. The van der Waals surface area contributed by atoms with Crippen molar-refractivity contribution in [1.82, 2.24) is 19.7 Å². The number of nitrogens with zero attached hydrogens (tertiary/aromatic N) is 3. The Morgan fingerprint density at radius 2 is 1.46 bits per heavy atom. The summed E-state index contributed by atoms with van der Waals surface area (Å²) in [5.74, 6) is -2.80. The first-order valence-electron chi connectivity index (χ1n) is 10.5. The van der Waals surface area contributed by atoms with E-state index in [1.165, 1.54) is 24.3 Å². The highest BCUT2D eigenvalue weighted by Gasteiger charge is 2.28. The number of nitrogens with one attached hydrogen (secondary N) is 1. The van der Waals surface area contributed by atoms with Crippen LogP contribution in [0.1, 0.15) is 35.7 Å². The molecule has 4 rings (SSSR count). The first kappa shape index (κ1) is 24.1. The summed E-state index contributed by atoms with van der Waals surface area (Å²) in [6.07, 6.45) is 0. The van der Waals surface area contributed by atoms with Crippen LogP contribution in [0.15, 0.2) is 83.8 Å². The van der Waals surface area contributed by atoms with Crippen LogP contribution < -0.4 is 4.72 Å². The van der Waals surface area contributed by atoms with Gasteiger partial charge in [0.15, 0.2) is 0 Å². The van der Waals surface area contributed by atoms with Crippen LogP contribution in [-0.4, -0.2) is 29.3 Å². The molecule has 35 heavy (non-hydrogen) atoms. The number of rotatable bonds is 6. The van der Waals surface area contributed by atoms with Gasteiger partial charge in [-0.05, 0) is 62.4 Å². The molecule has 1 aromatic carbocycles. The zero-order chi connectivity index (χ0) is 25.2. The summed E-state index contributed by atoms with van der Waals surface area (Å²) >= 11 is 0. The molecule has 0 unspecified atom stereocenters. The van der Waals surface area contributed by atoms with Gasteiger partial charge in [-0.15, -0.1) is 0 Å². The second-order valence-electron chi connectivity index (χ2n) is 8.16. The number of aromatic nitrogens is 3. The van der Waals surface area contributed by atoms with Crippen molar-refractivity contribution in [3.63, 3.8) is 0 Å². The van der Waals surface area contributed by atoms with Crippen LogP contribution in [0.25, 0.3) is 11.3 Å². The van der Waals surface area contributed by atoms with Crippen molar-refractivity contribution < 1.29 is 22.0 Å². The third-order valence-corrected chi connectivity index (χ3v) is 6.73. The summed E-state index contributed by atoms with van der Waals surface area (Å²) in [5, 5.41) is 0. The van der Waals surface area contributed by atoms with Crippen molar-refractivity contribution >= 4 is 15.9 Å². The highest BCUT2D eigenvalue weighted by molar-refractivity contribution is 7.90. The molecule has 0 aliphatic rings. The SMILES string of the molecule is CC(C)(c1cccc(C(=O)NS(=O)(=O)c2ccccc2)n1)c1cccc(-c2ccc(F)nc2F)n1. The van der Waals surface area contributed by atoms with Crippen LogP contribution in [0.5, 0.6) is 0 Å². The molecule has 0 spiro atoms. The predicted octanol–water partition coefficient (Wildman–Crippen LogP) is 4.26. The van der Waals surface area contributed by atoms with Gasteiger partial charge in [0.2, 0.25) is 11.9 Å². The number of carbonyl (C=O) groups excluding carboxylic acids is 1. The normalized spacial score (nSPS) is 11.8. The summed E-state index contributed by atoms with van der Waals surface area (Å²) in [6, 6.07) is 19.4. The fourth-order valence-corrected chi connectivity index (χ4v) is 4.39. The molecule has 1 amide bonds. The van der Waals surface area contributed by atoms with Crippen LogP contribution in [-0.2, 0) is 15.4 Å². The maximum absolute atomic E-state index is 14.2. The van der Waals surface area contributed by atoms with E-state index in [-0.39, 0.29) is 21.8 Å². The molecule has 7 nitrogen and oxygen atoms in total. The Bertz CT molecular complexity index is 1510. The molecule has 178 valence electrons. The van der Waals surface area contributed by atoms with Crippen molar-refractivity contribution in [2.75, 3.05) is 0 Å². The molecule has 0 atom stereocenters. The van der Waals surface area contributed by atoms with E-state index >= 15 is 0 Å². The molecular formula is C25H20F2N4O3S. The lowest BCUT2D eigenvalue weighted by molar-refractivity contribution is 0.0976. The van der Waals surface area contributed by atoms with Gasteiger partial charge in [0.1, 0.15) is 5.69 Å². The minimum Gasteiger partial charge on any atom is -0.266 e. The first-order valence-corrected chi connectivity index (χ1v) is 12.0. The minimum absolute atomic E-state index is 0.0382. The number of hydrogen-bond acceptors (Lipinski definition) is 6. The molecule has 0 bridgehead atoms. The van der Waals surface area contributed by atoms with Crippen LogP contribution in [0, 0.1) is 11.9 Å². The van der Waals surface area contributed by atoms with E-state index in [1.807, 2.05) is 18.6 Å². The fourth-order valence-electron chi connectivity index (χ4n) is 3.41. The highest BCUT2D eigenvalue weighted by Crippen LogP contribution is 2.31. The summed E-state index contributed by atoms with van der Waals surface area (Å²) in [6.45, 7) is 3.62. The molecule has 0 saturated heterocycles. The average molecular weight is 495 g/mol. The van der Waals surface area contributed by atoms with E-state index in [2.05, 4.69) is 15.0 Å². The summed E-state index contributed by atoms with van der Waals surface area (Å²) in [5.41, 5.74) is 0.277. The Balaban J connectivity index is 1.64. The summed E-state index contributed by atoms with van der Waals surface area (Å²) in [7, 11) is -4.07. The quantitative estimate of drug-likeness (QED) is 0.402. The van der Waals surface area contributed by atoms with Gasteiger partial charge in [0.05, 0.1) is 27.5 Å². The number of carbonyl (C=O) groups is 1. The molecular weight excluding hydrogens is 474 g/mol. The molecule has 0 radical (unpaired) electrons. The standard InChI is InChI=1S/C25H20F2N4O3S/c1-25(2,20-12-6-10-18(28-20)17-14-15-22(26)30-23(17)27)21-13-7-11-19(29-21)24(32)31-35(33,34)16-8-4-3-5-9-16/h3-15H,1-2H3,(H,31,32). The first-order chi connectivity index (χ1) is 16.6. The van der Waals surface area contributed by atoms with Crippen LogP contribution in [0.3, 0.4) is 0 Å². The second kappa shape index (κ2) is 9.30. The van der Waals surface area contributed by atoms with Gasteiger partial charge in [-0.1, -0.05) is 30.3 Å². The van der Waals surface area contributed by atoms with Gasteiger partial charge in [0.25, 0.3) is 15.9 Å². The van der Waals surface area contributed by atoms with Crippen molar-refractivity contribution in [3.8, 4) is 11.3 Å². The number of halogens is 2. The number of benzene rings is 1. The monoisotopic (exact) mass is 494 g/mol. The second-order valence-corrected chi connectivity index (χ2v) is 9.84. The molecule has 0 saturated carbocycles. The van der Waals surface area contributed by atoms with Crippen LogP contribution in [0.4, 0.5) is 8.78 Å². The van der Waals surface area contributed by atoms with Crippen molar-refractivity contribution in [2.45, 2.75) is 24.2 Å². The van der Waals surface area contributed by atoms with Gasteiger partial charge in [0, 0.05) is 5.41 Å². The Kier molecular flexibility index (Phi) is 6.40. The van der Waals surface area contributed by atoms with E-state index in [1.54, 1.807) is 48.5 Å². The van der Waals surface area contributed by atoms with Gasteiger partial charge in [-0.25, -0.2) is 18.1 Å². The van der Waals surface area contributed by atoms with Gasteiger partial charge < -0.3 is 0 Å². The maximum atomic E-state index is 14.2. The number of sulfonamides is 1. The maximum Gasteiger partial charge on any atom is 0.283 e.